The Bertz CT molecular complexity index is 1230. The third-order valence-electron chi connectivity index (χ3n) is 5.32. The summed E-state index contributed by atoms with van der Waals surface area (Å²) in [6, 6.07) is 26.2. The molecule has 0 spiro atoms. The lowest BCUT2D eigenvalue weighted by atomic mass is 10.1. The highest BCUT2D eigenvalue weighted by molar-refractivity contribution is 6.09. The number of anilines is 1. The maximum Gasteiger partial charge on any atom is 0.259 e. The highest BCUT2D eigenvalue weighted by atomic mass is 16.2. The third-order valence-corrected chi connectivity index (χ3v) is 5.32. The molecule has 0 saturated heterocycles. The molecule has 0 radical (unpaired) electrons. The van der Waals surface area contributed by atoms with E-state index in [4.69, 9.17) is 0 Å². The van der Waals surface area contributed by atoms with Crippen LogP contribution in [0, 0.1) is 6.92 Å². The molecule has 2 amide bonds. The Morgan fingerprint density at radius 1 is 0.812 bits per heavy atom. The van der Waals surface area contributed by atoms with Gasteiger partial charge in [-0.1, -0.05) is 60.7 Å². The first-order valence-electron chi connectivity index (χ1n) is 10.4. The van der Waals surface area contributed by atoms with E-state index in [1.807, 2.05) is 74.5 Å². The summed E-state index contributed by atoms with van der Waals surface area (Å²) in [5, 5.41) is 10.2. The Morgan fingerprint density at radius 3 is 2.16 bits per heavy atom. The van der Waals surface area contributed by atoms with Gasteiger partial charge >= 0.3 is 0 Å². The van der Waals surface area contributed by atoms with Gasteiger partial charge in [0.05, 0.1) is 40.4 Å². The maximum absolute atomic E-state index is 13.0. The molecule has 6 heteroatoms. The summed E-state index contributed by atoms with van der Waals surface area (Å²) in [5.74, 6) is -0.574. The molecule has 1 atom stereocenters. The van der Waals surface area contributed by atoms with Gasteiger partial charge in [-0.2, -0.15) is 5.10 Å². The number of benzene rings is 3. The fourth-order valence-corrected chi connectivity index (χ4v) is 3.54. The summed E-state index contributed by atoms with van der Waals surface area (Å²) in [4.78, 5) is 25.9. The predicted molar refractivity (Wildman–Crippen MR) is 125 cm³/mol. The Labute approximate surface area is 186 Å². The lowest BCUT2D eigenvalue weighted by molar-refractivity contribution is 0.0941. The predicted octanol–water partition coefficient (Wildman–Crippen LogP) is 4.92. The minimum atomic E-state index is -0.318. The van der Waals surface area contributed by atoms with Crippen molar-refractivity contribution >= 4 is 17.5 Å². The van der Waals surface area contributed by atoms with Crippen LogP contribution in [0.2, 0.25) is 0 Å². The number of carbonyl (C=O) groups excluding carboxylic acids is 2. The van der Waals surface area contributed by atoms with E-state index in [9.17, 15) is 9.59 Å². The fourth-order valence-electron chi connectivity index (χ4n) is 3.54. The minimum absolute atomic E-state index is 0.168. The van der Waals surface area contributed by atoms with Crippen LogP contribution in [0.15, 0.2) is 91.1 Å². The minimum Gasteiger partial charge on any atom is -0.345 e. The molecule has 0 saturated carbocycles. The average molecular weight is 425 g/mol. The number of nitrogens with one attached hydrogen (secondary N) is 2. The number of hydrogen-bond donors (Lipinski definition) is 2. The fraction of sp³-hybridized carbons (Fsp3) is 0.115. The molecule has 0 aliphatic heterocycles. The van der Waals surface area contributed by atoms with E-state index in [0.29, 0.717) is 22.5 Å². The van der Waals surface area contributed by atoms with Gasteiger partial charge in [-0.3, -0.25) is 9.59 Å². The molecule has 0 fully saturated rings. The van der Waals surface area contributed by atoms with Crippen molar-refractivity contribution in [2.75, 3.05) is 5.32 Å². The SMILES string of the molecule is Cc1c(C(=O)Nc2ccccc2C(=O)NC(C)c2ccccc2)cnn1-c1ccccc1. The Balaban J connectivity index is 1.53. The summed E-state index contributed by atoms with van der Waals surface area (Å²) < 4.78 is 1.72. The van der Waals surface area contributed by atoms with Gasteiger partial charge in [-0.25, -0.2) is 4.68 Å². The molecule has 0 aliphatic rings. The van der Waals surface area contributed by atoms with Crippen LogP contribution < -0.4 is 10.6 Å². The van der Waals surface area contributed by atoms with Crippen LogP contribution in [-0.2, 0) is 0 Å². The van der Waals surface area contributed by atoms with E-state index in [2.05, 4.69) is 15.7 Å². The number of aromatic nitrogens is 2. The lowest BCUT2D eigenvalue weighted by Crippen LogP contribution is -2.28. The second-order valence-corrected chi connectivity index (χ2v) is 7.50. The molecule has 160 valence electrons. The summed E-state index contributed by atoms with van der Waals surface area (Å²) in [5.41, 5.74) is 3.89. The summed E-state index contributed by atoms with van der Waals surface area (Å²) in [6.07, 6.45) is 1.54. The van der Waals surface area contributed by atoms with Gasteiger partial charge in [0.2, 0.25) is 0 Å². The number of carbonyl (C=O) groups is 2. The van der Waals surface area contributed by atoms with Crippen molar-refractivity contribution in [3.63, 3.8) is 0 Å². The van der Waals surface area contributed by atoms with Crippen LogP contribution >= 0.6 is 0 Å². The van der Waals surface area contributed by atoms with Crippen LogP contribution in [0.4, 0.5) is 5.69 Å². The molecular weight excluding hydrogens is 400 g/mol. The van der Waals surface area contributed by atoms with Crippen LogP contribution in [0.25, 0.3) is 5.69 Å². The van der Waals surface area contributed by atoms with Gasteiger partial charge < -0.3 is 10.6 Å². The lowest BCUT2D eigenvalue weighted by Gasteiger charge is -2.16. The molecule has 0 bridgehead atoms. The topological polar surface area (TPSA) is 76.0 Å². The van der Waals surface area contributed by atoms with E-state index < -0.39 is 0 Å². The van der Waals surface area contributed by atoms with Crippen molar-refractivity contribution in [3.8, 4) is 5.69 Å². The van der Waals surface area contributed by atoms with Gasteiger partial charge in [0.15, 0.2) is 0 Å². The van der Waals surface area contributed by atoms with Crippen LogP contribution in [0.3, 0.4) is 0 Å². The van der Waals surface area contributed by atoms with Gasteiger partial charge in [0.1, 0.15) is 0 Å². The maximum atomic E-state index is 13.0. The summed E-state index contributed by atoms with van der Waals surface area (Å²) in [6.45, 7) is 3.77. The molecule has 3 aromatic carbocycles. The first kappa shape index (κ1) is 21.1. The van der Waals surface area contributed by atoms with Crippen molar-refractivity contribution in [1.29, 1.82) is 0 Å². The van der Waals surface area contributed by atoms with Crippen molar-refractivity contribution in [2.24, 2.45) is 0 Å². The van der Waals surface area contributed by atoms with E-state index in [0.717, 1.165) is 11.3 Å². The second kappa shape index (κ2) is 9.31. The Hall–Kier alpha value is -4.19. The first-order chi connectivity index (χ1) is 15.5. The summed E-state index contributed by atoms with van der Waals surface area (Å²) >= 11 is 0. The van der Waals surface area contributed by atoms with Crippen molar-refractivity contribution < 1.29 is 9.59 Å². The number of rotatable bonds is 6. The first-order valence-corrected chi connectivity index (χ1v) is 10.4. The van der Waals surface area contributed by atoms with Crippen LogP contribution in [0.1, 0.15) is 44.9 Å². The van der Waals surface area contributed by atoms with Crippen molar-refractivity contribution in [1.82, 2.24) is 15.1 Å². The van der Waals surface area contributed by atoms with Gasteiger partial charge in [-0.05, 0) is 43.7 Å². The van der Waals surface area contributed by atoms with Gasteiger partial charge in [0, 0.05) is 0 Å². The normalized spacial score (nSPS) is 11.6. The quantitative estimate of drug-likeness (QED) is 0.461. The zero-order valence-electron chi connectivity index (χ0n) is 17.9. The molecule has 32 heavy (non-hydrogen) atoms. The molecule has 1 unspecified atom stereocenters. The van der Waals surface area contributed by atoms with E-state index >= 15 is 0 Å². The van der Waals surface area contributed by atoms with Crippen molar-refractivity contribution in [2.45, 2.75) is 19.9 Å². The molecule has 4 aromatic rings. The van der Waals surface area contributed by atoms with Crippen molar-refractivity contribution in [3.05, 3.63) is 114 Å². The van der Waals surface area contributed by atoms with Crippen LogP contribution in [0.5, 0.6) is 0 Å². The average Bonchev–Trinajstić information content (AvgIpc) is 3.22. The standard InChI is InChI=1S/C26H24N4O2/c1-18(20-11-5-3-6-12-20)28-25(31)22-15-9-10-16-24(22)29-26(32)23-17-27-30(19(23)2)21-13-7-4-8-14-21/h3-18H,1-2H3,(H,28,31)(H,29,32). The second-order valence-electron chi connectivity index (χ2n) is 7.50. The van der Waals surface area contributed by atoms with Crippen LogP contribution in [-0.4, -0.2) is 21.6 Å². The smallest absolute Gasteiger partial charge is 0.259 e. The highest BCUT2D eigenvalue weighted by Gasteiger charge is 2.19. The molecule has 4 rings (SSSR count). The zero-order chi connectivity index (χ0) is 22.5. The molecule has 1 aromatic heterocycles. The van der Waals surface area contributed by atoms with E-state index in [1.54, 1.807) is 28.9 Å². The summed E-state index contributed by atoms with van der Waals surface area (Å²) in [7, 11) is 0. The molecule has 2 N–H and O–H groups in total. The van der Waals surface area contributed by atoms with Gasteiger partial charge in [0.25, 0.3) is 11.8 Å². The number of hydrogen-bond acceptors (Lipinski definition) is 3. The Kier molecular flexibility index (Phi) is 6.12. The zero-order valence-corrected chi connectivity index (χ0v) is 17.9. The van der Waals surface area contributed by atoms with Gasteiger partial charge in [-0.15, -0.1) is 0 Å². The molecule has 6 nitrogen and oxygen atoms in total. The molecule has 0 aliphatic carbocycles. The van der Waals surface area contributed by atoms with E-state index in [-0.39, 0.29) is 17.9 Å². The monoisotopic (exact) mass is 424 g/mol. The third kappa shape index (κ3) is 4.44. The Morgan fingerprint density at radius 2 is 1.44 bits per heavy atom. The molecule has 1 heterocycles. The number of para-hydroxylation sites is 2. The van der Waals surface area contributed by atoms with E-state index in [1.165, 1.54) is 6.20 Å². The molecular formula is C26H24N4O2. The largest absolute Gasteiger partial charge is 0.345 e. The highest BCUT2D eigenvalue weighted by Crippen LogP contribution is 2.20. The number of amides is 2. The number of nitrogens with zero attached hydrogens (tertiary/aromatic N) is 2.